The van der Waals surface area contributed by atoms with E-state index in [1.165, 1.54) is 4.90 Å². The van der Waals surface area contributed by atoms with Crippen LogP contribution in [0.5, 0.6) is 0 Å². The van der Waals surface area contributed by atoms with Gasteiger partial charge in [0, 0.05) is 32.6 Å². The fourth-order valence-corrected chi connectivity index (χ4v) is 2.29. The summed E-state index contributed by atoms with van der Waals surface area (Å²) in [6, 6.07) is 0. The van der Waals surface area contributed by atoms with E-state index in [-0.39, 0.29) is 18.9 Å². The Bertz CT molecular complexity index is 430. The molecule has 22 heavy (non-hydrogen) atoms. The molecule has 0 aromatic carbocycles. The number of nitrogens with zero attached hydrogens (tertiary/aromatic N) is 2. The Morgan fingerprint density at radius 1 is 1.36 bits per heavy atom. The van der Waals surface area contributed by atoms with Gasteiger partial charge in [-0.15, -0.1) is 0 Å². The second-order valence-electron chi connectivity index (χ2n) is 6.55. The van der Waals surface area contributed by atoms with Crippen molar-refractivity contribution in [2.45, 2.75) is 46.1 Å². The first-order valence-electron chi connectivity index (χ1n) is 7.62. The molecule has 7 heteroatoms. The molecular formula is C15H26N2O5. The van der Waals surface area contributed by atoms with Crippen LogP contribution >= 0.6 is 0 Å². The second kappa shape index (κ2) is 7.47. The van der Waals surface area contributed by atoms with Crippen molar-refractivity contribution in [3.8, 4) is 0 Å². The number of hydrogen-bond donors (Lipinski definition) is 1. The molecule has 126 valence electrons. The summed E-state index contributed by atoms with van der Waals surface area (Å²) in [5.41, 5.74) is -0.569. The van der Waals surface area contributed by atoms with Crippen LogP contribution < -0.4 is 0 Å². The van der Waals surface area contributed by atoms with Crippen molar-refractivity contribution >= 4 is 18.0 Å². The van der Waals surface area contributed by atoms with E-state index in [1.807, 2.05) is 6.92 Å². The van der Waals surface area contributed by atoms with Crippen molar-refractivity contribution in [1.29, 1.82) is 0 Å². The van der Waals surface area contributed by atoms with Gasteiger partial charge in [0.15, 0.2) is 0 Å². The Morgan fingerprint density at radius 3 is 2.45 bits per heavy atom. The summed E-state index contributed by atoms with van der Waals surface area (Å²) in [4.78, 5) is 37.9. The SMILES string of the molecule is CCCN(CCN1CC(C(=O)O)CC1=O)C(=O)OC(C)(C)C. The average molecular weight is 314 g/mol. The van der Waals surface area contributed by atoms with Gasteiger partial charge in [0.2, 0.25) is 5.91 Å². The third-order valence-electron chi connectivity index (χ3n) is 3.35. The largest absolute Gasteiger partial charge is 0.481 e. The number of amides is 2. The zero-order chi connectivity index (χ0) is 16.9. The minimum absolute atomic E-state index is 0.0373. The summed E-state index contributed by atoms with van der Waals surface area (Å²) in [7, 11) is 0. The number of rotatable bonds is 6. The molecule has 1 atom stereocenters. The number of aliphatic carboxylic acids is 1. The molecule has 0 aromatic heterocycles. The highest BCUT2D eigenvalue weighted by atomic mass is 16.6. The quantitative estimate of drug-likeness (QED) is 0.804. The number of carbonyl (C=O) groups excluding carboxylic acids is 2. The molecule has 1 aliphatic rings. The minimum Gasteiger partial charge on any atom is -0.481 e. The average Bonchev–Trinajstić information content (AvgIpc) is 2.74. The lowest BCUT2D eigenvalue weighted by atomic mass is 10.1. The Kier molecular flexibility index (Phi) is 6.20. The standard InChI is InChI=1S/C15H26N2O5/c1-5-6-16(14(21)22-15(2,3)4)7-8-17-10-11(13(19)20)9-12(17)18/h11H,5-10H2,1-4H3,(H,19,20). The summed E-state index contributed by atoms with van der Waals surface area (Å²) < 4.78 is 5.34. The Morgan fingerprint density at radius 2 is 2.00 bits per heavy atom. The van der Waals surface area contributed by atoms with Crippen molar-refractivity contribution < 1.29 is 24.2 Å². The summed E-state index contributed by atoms with van der Waals surface area (Å²) in [5.74, 6) is -1.77. The van der Waals surface area contributed by atoms with Crippen LogP contribution in [0, 0.1) is 5.92 Å². The van der Waals surface area contributed by atoms with Crippen molar-refractivity contribution in [1.82, 2.24) is 9.80 Å². The van der Waals surface area contributed by atoms with Crippen molar-refractivity contribution in [3.63, 3.8) is 0 Å². The van der Waals surface area contributed by atoms with Crippen LogP contribution in [0.2, 0.25) is 0 Å². The lowest BCUT2D eigenvalue weighted by molar-refractivity contribution is -0.141. The van der Waals surface area contributed by atoms with Gasteiger partial charge in [0.1, 0.15) is 5.60 Å². The molecule has 1 saturated heterocycles. The van der Waals surface area contributed by atoms with Crippen molar-refractivity contribution in [2.24, 2.45) is 5.92 Å². The summed E-state index contributed by atoms with van der Waals surface area (Å²) in [5, 5.41) is 8.96. The molecule has 1 rings (SSSR count). The highest BCUT2D eigenvalue weighted by molar-refractivity contribution is 5.86. The van der Waals surface area contributed by atoms with Crippen LogP contribution in [-0.2, 0) is 14.3 Å². The zero-order valence-electron chi connectivity index (χ0n) is 13.8. The predicted molar refractivity (Wildman–Crippen MR) is 80.4 cm³/mol. The van der Waals surface area contributed by atoms with Crippen LogP contribution in [0.1, 0.15) is 40.5 Å². The summed E-state index contributed by atoms with van der Waals surface area (Å²) >= 11 is 0. The van der Waals surface area contributed by atoms with Gasteiger partial charge in [0.05, 0.1) is 5.92 Å². The van der Waals surface area contributed by atoms with Crippen LogP contribution in [0.3, 0.4) is 0 Å². The van der Waals surface area contributed by atoms with Crippen molar-refractivity contribution in [2.75, 3.05) is 26.2 Å². The molecular weight excluding hydrogens is 288 g/mol. The molecule has 1 fully saturated rings. The molecule has 0 aliphatic carbocycles. The van der Waals surface area contributed by atoms with E-state index in [1.54, 1.807) is 25.7 Å². The third kappa shape index (κ3) is 5.54. The van der Waals surface area contributed by atoms with E-state index in [0.29, 0.717) is 19.6 Å². The number of likely N-dealkylation sites (tertiary alicyclic amines) is 1. The number of carbonyl (C=O) groups is 3. The molecule has 0 bridgehead atoms. The molecule has 7 nitrogen and oxygen atoms in total. The first kappa shape index (κ1) is 18.3. The normalized spacial score (nSPS) is 18.5. The molecule has 0 spiro atoms. The highest BCUT2D eigenvalue weighted by Gasteiger charge is 2.34. The van der Waals surface area contributed by atoms with Gasteiger partial charge in [-0.05, 0) is 27.2 Å². The first-order chi connectivity index (χ1) is 10.1. The Balaban J connectivity index is 2.56. The molecule has 1 N–H and O–H groups in total. The molecule has 1 heterocycles. The van der Waals surface area contributed by atoms with E-state index in [4.69, 9.17) is 9.84 Å². The lowest BCUT2D eigenvalue weighted by Gasteiger charge is -2.28. The summed E-state index contributed by atoms with van der Waals surface area (Å²) in [6.45, 7) is 8.80. The van der Waals surface area contributed by atoms with E-state index in [9.17, 15) is 14.4 Å². The van der Waals surface area contributed by atoms with Gasteiger partial charge in [-0.1, -0.05) is 6.92 Å². The second-order valence-corrected chi connectivity index (χ2v) is 6.55. The van der Waals surface area contributed by atoms with E-state index in [0.717, 1.165) is 6.42 Å². The van der Waals surface area contributed by atoms with Crippen molar-refractivity contribution in [3.05, 3.63) is 0 Å². The van der Waals surface area contributed by atoms with Crippen LogP contribution in [-0.4, -0.2) is 64.7 Å². The fourth-order valence-electron chi connectivity index (χ4n) is 2.29. The van der Waals surface area contributed by atoms with Crippen LogP contribution in [0.15, 0.2) is 0 Å². The van der Waals surface area contributed by atoms with Gasteiger partial charge in [-0.25, -0.2) is 4.79 Å². The Hall–Kier alpha value is -1.79. The van der Waals surface area contributed by atoms with E-state index in [2.05, 4.69) is 0 Å². The predicted octanol–water partition coefficient (Wildman–Crippen LogP) is 1.57. The monoisotopic (exact) mass is 314 g/mol. The molecule has 1 unspecified atom stereocenters. The van der Waals surface area contributed by atoms with Crippen LogP contribution in [0.4, 0.5) is 4.79 Å². The fraction of sp³-hybridized carbons (Fsp3) is 0.800. The van der Waals surface area contributed by atoms with E-state index >= 15 is 0 Å². The number of carboxylic acids is 1. The minimum atomic E-state index is -0.951. The molecule has 0 saturated carbocycles. The zero-order valence-corrected chi connectivity index (χ0v) is 13.8. The number of ether oxygens (including phenoxy) is 1. The molecule has 0 radical (unpaired) electrons. The van der Waals surface area contributed by atoms with Gasteiger partial charge in [0.25, 0.3) is 0 Å². The number of carboxylic acid groups (broad SMARTS) is 1. The molecule has 0 aromatic rings. The summed E-state index contributed by atoms with van der Waals surface area (Å²) in [6.07, 6.45) is 0.413. The Labute approximate surface area is 131 Å². The third-order valence-corrected chi connectivity index (χ3v) is 3.35. The first-order valence-corrected chi connectivity index (χ1v) is 7.62. The van der Waals surface area contributed by atoms with Gasteiger partial charge >= 0.3 is 12.1 Å². The highest BCUT2D eigenvalue weighted by Crippen LogP contribution is 2.18. The smallest absolute Gasteiger partial charge is 0.410 e. The molecule has 1 aliphatic heterocycles. The number of hydrogen-bond acceptors (Lipinski definition) is 4. The van der Waals surface area contributed by atoms with Gasteiger partial charge in [-0.3, -0.25) is 9.59 Å². The maximum absolute atomic E-state index is 12.1. The van der Waals surface area contributed by atoms with Crippen LogP contribution in [0.25, 0.3) is 0 Å². The maximum Gasteiger partial charge on any atom is 0.410 e. The lowest BCUT2D eigenvalue weighted by Crippen LogP contribution is -2.42. The topological polar surface area (TPSA) is 87.2 Å². The maximum atomic E-state index is 12.1. The van der Waals surface area contributed by atoms with Gasteiger partial charge in [-0.2, -0.15) is 0 Å². The van der Waals surface area contributed by atoms with Gasteiger partial charge < -0.3 is 19.6 Å². The molecule has 2 amide bonds. The van der Waals surface area contributed by atoms with E-state index < -0.39 is 23.6 Å².